The molecule has 4 heteroatoms. The second-order valence-electron chi connectivity index (χ2n) is 5.23. The van der Waals surface area contributed by atoms with Crippen molar-refractivity contribution in [1.82, 2.24) is 10.3 Å². The van der Waals surface area contributed by atoms with E-state index in [1.165, 1.54) is 0 Å². The summed E-state index contributed by atoms with van der Waals surface area (Å²) in [5, 5.41) is 4.11. The van der Waals surface area contributed by atoms with Gasteiger partial charge in [-0.05, 0) is 25.0 Å². The summed E-state index contributed by atoms with van der Waals surface area (Å²) in [7, 11) is 0. The van der Waals surface area contributed by atoms with Crippen LogP contribution in [-0.4, -0.2) is 30.1 Å². The lowest BCUT2D eigenvalue weighted by molar-refractivity contribution is 0.0807. The highest BCUT2D eigenvalue weighted by molar-refractivity contribution is 6.05. The minimum absolute atomic E-state index is 0.0210. The lowest BCUT2D eigenvalue weighted by Gasteiger charge is -2.22. The van der Waals surface area contributed by atoms with Gasteiger partial charge in [-0.3, -0.25) is 4.79 Å². The molecule has 0 aliphatic rings. The van der Waals surface area contributed by atoms with Crippen molar-refractivity contribution in [3.63, 3.8) is 0 Å². The summed E-state index contributed by atoms with van der Waals surface area (Å²) in [4.78, 5) is 15.6. The van der Waals surface area contributed by atoms with Crippen LogP contribution in [0.25, 0.3) is 10.9 Å². The molecule has 0 aliphatic carbocycles. The Morgan fingerprint density at radius 2 is 2.15 bits per heavy atom. The highest BCUT2D eigenvalue weighted by Crippen LogP contribution is 2.17. The number of ether oxygens (including phenoxy) is 1. The number of carbonyl (C=O) groups is 1. The maximum atomic E-state index is 12.4. The van der Waals surface area contributed by atoms with E-state index in [-0.39, 0.29) is 11.9 Å². The normalized spacial score (nSPS) is 12.8. The second-order valence-corrected chi connectivity index (χ2v) is 5.23. The molecule has 1 atom stereocenters. The molecule has 2 aromatic rings. The zero-order chi connectivity index (χ0) is 14.5. The van der Waals surface area contributed by atoms with E-state index in [4.69, 9.17) is 4.74 Å². The van der Waals surface area contributed by atoms with Gasteiger partial charge in [-0.2, -0.15) is 0 Å². The Morgan fingerprint density at radius 3 is 2.85 bits per heavy atom. The molecule has 108 valence electrons. The van der Waals surface area contributed by atoms with Gasteiger partial charge in [-0.1, -0.05) is 26.0 Å². The van der Waals surface area contributed by atoms with Crippen molar-refractivity contribution in [3.05, 3.63) is 36.0 Å². The maximum absolute atomic E-state index is 12.4. The van der Waals surface area contributed by atoms with Crippen LogP contribution in [0.3, 0.4) is 0 Å². The third kappa shape index (κ3) is 3.20. The van der Waals surface area contributed by atoms with Crippen LogP contribution in [0.5, 0.6) is 0 Å². The first-order valence-electron chi connectivity index (χ1n) is 7.08. The molecule has 1 aromatic heterocycles. The topological polar surface area (TPSA) is 54.1 Å². The predicted molar refractivity (Wildman–Crippen MR) is 80.9 cm³/mol. The number of hydrogen-bond donors (Lipinski definition) is 2. The molecule has 2 rings (SSSR count). The predicted octanol–water partition coefficient (Wildman–Crippen LogP) is 2.96. The number of fused-ring (bicyclic) bond motifs is 1. The maximum Gasteiger partial charge on any atom is 0.253 e. The van der Waals surface area contributed by atoms with Crippen LogP contribution in [0, 0.1) is 5.92 Å². The van der Waals surface area contributed by atoms with Crippen LogP contribution < -0.4 is 5.32 Å². The Kier molecular flexibility index (Phi) is 4.79. The van der Waals surface area contributed by atoms with Gasteiger partial charge in [0.05, 0.1) is 23.7 Å². The van der Waals surface area contributed by atoms with E-state index >= 15 is 0 Å². The fourth-order valence-electron chi connectivity index (χ4n) is 2.17. The number of amides is 1. The third-order valence-electron chi connectivity index (χ3n) is 3.45. The van der Waals surface area contributed by atoms with E-state index in [2.05, 4.69) is 24.1 Å². The number of rotatable bonds is 6. The van der Waals surface area contributed by atoms with E-state index in [9.17, 15) is 4.79 Å². The molecule has 0 radical (unpaired) electrons. The molecule has 0 spiro atoms. The summed E-state index contributed by atoms with van der Waals surface area (Å²) in [6.45, 7) is 7.32. The lowest BCUT2D eigenvalue weighted by Crippen LogP contribution is -2.42. The van der Waals surface area contributed by atoms with Gasteiger partial charge in [0.2, 0.25) is 0 Å². The number of hydrogen-bond acceptors (Lipinski definition) is 2. The number of benzene rings is 1. The summed E-state index contributed by atoms with van der Waals surface area (Å²) in [5.41, 5.74) is 1.55. The van der Waals surface area contributed by atoms with Crippen LogP contribution >= 0.6 is 0 Å². The molecule has 0 aliphatic heterocycles. The van der Waals surface area contributed by atoms with E-state index < -0.39 is 0 Å². The van der Waals surface area contributed by atoms with E-state index in [0.29, 0.717) is 24.7 Å². The van der Waals surface area contributed by atoms with Crippen molar-refractivity contribution in [2.75, 3.05) is 13.2 Å². The number of aromatic amines is 1. The first kappa shape index (κ1) is 14.6. The number of aromatic nitrogens is 1. The Bertz CT molecular complexity index is 575. The zero-order valence-electron chi connectivity index (χ0n) is 12.3. The number of nitrogens with one attached hydrogen (secondary N) is 2. The number of para-hydroxylation sites is 1. The van der Waals surface area contributed by atoms with Gasteiger partial charge < -0.3 is 15.0 Å². The molecule has 1 heterocycles. The highest BCUT2D eigenvalue weighted by atomic mass is 16.5. The van der Waals surface area contributed by atoms with Crippen molar-refractivity contribution in [1.29, 1.82) is 0 Å². The monoisotopic (exact) mass is 274 g/mol. The third-order valence-corrected chi connectivity index (χ3v) is 3.45. The van der Waals surface area contributed by atoms with Crippen molar-refractivity contribution in [2.24, 2.45) is 5.92 Å². The smallest absolute Gasteiger partial charge is 0.253 e. The van der Waals surface area contributed by atoms with E-state index in [1.807, 2.05) is 37.4 Å². The minimum atomic E-state index is -0.0588. The fourth-order valence-corrected chi connectivity index (χ4v) is 2.17. The van der Waals surface area contributed by atoms with Crippen molar-refractivity contribution in [3.8, 4) is 0 Å². The van der Waals surface area contributed by atoms with Gasteiger partial charge in [0.1, 0.15) is 0 Å². The molecule has 4 nitrogen and oxygen atoms in total. The summed E-state index contributed by atoms with van der Waals surface area (Å²) in [6, 6.07) is 7.71. The highest BCUT2D eigenvalue weighted by Gasteiger charge is 2.18. The molecule has 0 saturated carbocycles. The molecule has 1 aromatic carbocycles. The molecule has 0 bridgehead atoms. The average molecular weight is 274 g/mol. The number of carbonyl (C=O) groups excluding carboxylic acids is 1. The van der Waals surface area contributed by atoms with Crippen LogP contribution in [-0.2, 0) is 4.74 Å². The minimum Gasteiger partial charge on any atom is -0.380 e. The Labute approximate surface area is 119 Å². The van der Waals surface area contributed by atoms with Crippen molar-refractivity contribution >= 4 is 16.8 Å². The van der Waals surface area contributed by atoms with Gasteiger partial charge in [0.15, 0.2) is 0 Å². The zero-order valence-corrected chi connectivity index (χ0v) is 12.3. The van der Waals surface area contributed by atoms with Gasteiger partial charge in [0, 0.05) is 18.2 Å². The van der Waals surface area contributed by atoms with Gasteiger partial charge in [-0.15, -0.1) is 0 Å². The van der Waals surface area contributed by atoms with Gasteiger partial charge in [-0.25, -0.2) is 0 Å². The van der Waals surface area contributed by atoms with Crippen LogP contribution in [0.2, 0.25) is 0 Å². The van der Waals surface area contributed by atoms with Crippen LogP contribution in [0.15, 0.2) is 30.5 Å². The molecule has 0 fully saturated rings. The Balaban J connectivity index is 2.16. The van der Waals surface area contributed by atoms with Crippen molar-refractivity contribution < 1.29 is 9.53 Å². The molecule has 2 N–H and O–H groups in total. The first-order chi connectivity index (χ1) is 9.63. The summed E-state index contributed by atoms with van der Waals surface area (Å²) in [5.74, 6) is 0.268. The fraction of sp³-hybridized carbons (Fsp3) is 0.438. The number of H-pyrrole nitrogens is 1. The van der Waals surface area contributed by atoms with Gasteiger partial charge in [0.25, 0.3) is 5.91 Å². The molecule has 20 heavy (non-hydrogen) atoms. The Hall–Kier alpha value is -1.81. The molecule has 1 unspecified atom stereocenters. The molecule has 0 saturated heterocycles. The standard InChI is InChI=1S/C16H22N2O2/c1-4-20-10-14(11(2)3)18-16(19)13-7-5-6-12-8-9-17-15(12)13/h5-9,11,14,17H,4,10H2,1-3H3,(H,18,19). The first-order valence-corrected chi connectivity index (χ1v) is 7.08. The second kappa shape index (κ2) is 6.57. The SMILES string of the molecule is CCOCC(NC(=O)c1cccc2cc[nH]c12)C(C)C. The van der Waals surface area contributed by atoms with Gasteiger partial charge >= 0.3 is 0 Å². The van der Waals surface area contributed by atoms with Crippen molar-refractivity contribution in [2.45, 2.75) is 26.8 Å². The summed E-state index contributed by atoms with van der Waals surface area (Å²) >= 11 is 0. The largest absolute Gasteiger partial charge is 0.380 e. The molecular weight excluding hydrogens is 252 g/mol. The summed E-state index contributed by atoms with van der Waals surface area (Å²) < 4.78 is 5.44. The molecule has 1 amide bonds. The summed E-state index contributed by atoms with van der Waals surface area (Å²) in [6.07, 6.45) is 1.85. The van der Waals surface area contributed by atoms with E-state index in [1.54, 1.807) is 0 Å². The van der Waals surface area contributed by atoms with Crippen LogP contribution in [0.4, 0.5) is 0 Å². The quantitative estimate of drug-likeness (QED) is 0.851. The average Bonchev–Trinajstić information content (AvgIpc) is 2.90. The molecular formula is C16H22N2O2. The Morgan fingerprint density at radius 1 is 1.35 bits per heavy atom. The lowest BCUT2D eigenvalue weighted by atomic mass is 10.0. The van der Waals surface area contributed by atoms with Crippen LogP contribution in [0.1, 0.15) is 31.1 Å². The van der Waals surface area contributed by atoms with E-state index in [0.717, 1.165) is 10.9 Å².